The number of phenolic OH excluding ortho intramolecular Hbond substituents is 2. The summed E-state index contributed by atoms with van der Waals surface area (Å²) >= 11 is 0. The van der Waals surface area contributed by atoms with E-state index in [9.17, 15) is 36.6 Å². The van der Waals surface area contributed by atoms with Gasteiger partial charge in [0.1, 0.15) is 4.90 Å². The number of carbonyl (C=O) groups is 2. The zero-order chi connectivity index (χ0) is 19.6. The molecule has 0 saturated heterocycles. The van der Waals surface area contributed by atoms with E-state index in [1.807, 2.05) is 0 Å². The largest absolute Gasteiger partial charge is 0.504 e. The van der Waals surface area contributed by atoms with Crippen molar-refractivity contribution in [1.82, 2.24) is 0 Å². The first-order valence-electron chi connectivity index (χ1n) is 6.61. The van der Waals surface area contributed by atoms with Crippen molar-refractivity contribution in [2.24, 2.45) is 0 Å². The van der Waals surface area contributed by atoms with E-state index in [1.54, 1.807) is 0 Å². The summed E-state index contributed by atoms with van der Waals surface area (Å²) in [6, 6.07) is 3.02. The van der Waals surface area contributed by atoms with Crippen LogP contribution < -0.4 is 0 Å². The Morgan fingerprint density at radius 2 is 1.31 bits per heavy atom. The summed E-state index contributed by atoms with van der Waals surface area (Å²) in [7, 11) is -9.71. The summed E-state index contributed by atoms with van der Waals surface area (Å²) in [5, 5.41) is 19.7. The van der Waals surface area contributed by atoms with E-state index in [0.29, 0.717) is 12.1 Å². The summed E-state index contributed by atoms with van der Waals surface area (Å²) in [5.74, 6) is -4.66. The zero-order valence-corrected chi connectivity index (χ0v) is 14.0. The van der Waals surface area contributed by atoms with E-state index in [4.69, 9.17) is 9.11 Å². The van der Waals surface area contributed by atoms with Crippen LogP contribution >= 0.6 is 0 Å². The highest BCUT2D eigenvalue weighted by atomic mass is 32.2. The lowest BCUT2D eigenvalue weighted by atomic mass is 9.83. The quantitative estimate of drug-likeness (QED) is 0.346. The Bertz CT molecular complexity index is 1220. The van der Waals surface area contributed by atoms with Gasteiger partial charge >= 0.3 is 0 Å². The number of hydrogen-bond donors (Lipinski definition) is 4. The number of benzene rings is 2. The van der Waals surface area contributed by atoms with Gasteiger partial charge in [-0.15, -0.1) is 0 Å². The molecule has 3 rings (SSSR count). The fourth-order valence-corrected chi connectivity index (χ4v) is 3.70. The molecule has 0 spiro atoms. The van der Waals surface area contributed by atoms with Gasteiger partial charge in [0.05, 0.1) is 10.5 Å². The van der Waals surface area contributed by atoms with Crippen molar-refractivity contribution in [1.29, 1.82) is 0 Å². The Balaban J connectivity index is 2.37. The third-order valence-corrected chi connectivity index (χ3v) is 5.48. The maximum absolute atomic E-state index is 12.6. The molecular weight excluding hydrogens is 392 g/mol. The Labute approximate surface area is 145 Å². The second-order valence-electron chi connectivity index (χ2n) is 5.31. The minimum absolute atomic E-state index is 0.318. The number of aromatic hydroxyl groups is 2. The van der Waals surface area contributed by atoms with Crippen molar-refractivity contribution in [2.75, 3.05) is 0 Å². The first-order chi connectivity index (χ1) is 11.8. The molecule has 12 heteroatoms. The van der Waals surface area contributed by atoms with Crippen LogP contribution in [0.1, 0.15) is 31.8 Å². The third-order valence-electron chi connectivity index (χ3n) is 3.77. The number of phenols is 2. The lowest BCUT2D eigenvalue weighted by molar-refractivity contribution is 0.0975. The smallest absolute Gasteiger partial charge is 0.298 e. The maximum atomic E-state index is 12.6. The minimum Gasteiger partial charge on any atom is -0.504 e. The molecule has 0 aliphatic heterocycles. The van der Waals surface area contributed by atoms with Crippen molar-refractivity contribution in [2.45, 2.75) is 9.79 Å². The molecule has 0 amide bonds. The van der Waals surface area contributed by atoms with Crippen molar-refractivity contribution >= 4 is 31.8 Å². The van der Waals surface area contributed by atoms with Gasteiger partial charge in [0, 0.05) is 16.7 Å². The number of ketones is 2. The van der Waals surface area contributed by atoms with Crippen LogP contribution in [0.4, 0.5) is 0 Å². The van der Waals surface area contributed by atoms with Crippen LogP contribution in [0, 0.1) is 0 Å². The van der Waals surface area contributed by atoms with Gasteiger partial charge in [-0.1, -0.05) is 0 Å². The summed E-state index contributed by atoms with van der Waals surface area (Å²) in [6.07, 6.45) is 0. The third kappa shape index (κ3) is 2.55. The Hall–Kier alpha value is -2.80. The number of carbonyl (C=O) groups excluding carboxylic acids is 2. The fraction of sp³-hybridized carbons (Fsp3) is 0. The van der Waals surface area contributed by atoms with Crippen molar-refractivity contribution in [3.05, 3.63) is 46.5 Å². The molecule has 1 aliphatic rings. The summed E-state index contributed by atoms with van der Waals surface area (Å²) in [4.78, 5) is 23.2. The predicted molar refractivity (Wildman–Crippen MR) is 82.7 cm³/mol. The Morgan fingerprint density at radius 1 is 0.692 bits per heavy atom. The Morgan fingerprint density at radius 3 is 1.85 bits per heavy atom. The van der Waals surface area contributed by atoms with E-state index < -0.39 is 69.8 Å². The average molecular weight is 400 g/mol. The molecule has 0 fully saturated rings. The molecular formula is C14H8O10S2. The van der Waals surface area contributed by atoms with E-state index in [1.165, 1.54) is 0 Å². The summed E-state index contributed by atoms with van der Waals surface area (Å²) in [5.41, 5.74) is -2.17. The van der Waals surface area contributed by atoms with Gasteiger partial charge < -0.3 is 10.2 Å². The van der Waals surface area contributed by atoms with Gasteiger partial charge in [0.2, 0.25) is 0 Å². The van der Waals surface area contributed by atoms with Crippen molar-refractivity contribution in [3.8, 4) is 11.5 Å². The first-order valence-corrected chi connectivity index (χ1v) is 9.49. The molecule has 0 saturated carbocycles. The second-order valence-corrected chi connectivity index (χ2v) is 8.12. The Kier molecular flexibility index (Phi) is 3.70. The molecule has 2 aromatic carbocycles. The van der Waals surface area contributed by atoms with Gasteiger partial charge in [0.25, 0.3) is 20.2 Å². The van der Waals surface area contributed by atoms with Gasteiger partial charge in [0.15, 0.2) is 23.1 Å². The van der Waals surface area contributed by atoms with E-state index >= 15 is 0 Å². The zero-order valence-electron chi connectivity index (χ0n) is 12.4. The molecule has 136 valence electrons. The standard InChI is InChI=1S/C14H8O10S2/c15-11-6-2-1-5(25(19,20)21)3-7(6)12(16)10-8(11)4-9(26(22,23)24)13(17)14(10)18/h1-4,17-18H,(H,19,20,21)(H,22,23,24). The molecule has 26 heavy (non-hydrogen) atoms. The molecule has 10 nitrogen and oxygen atoms in total. The van der Waals surface area contributed by atoms with Crippen molar-refractivity contribution < 1.29 is 45.7 Å². The van der Waals surface area contributed by atoms with Crippen molar-refractivity contribution in [3.63, 3.8) is 0 Å². The van der Waals surface area contributed by atoms with E-state index in [0.717, 1.165) is 12.1 Å². The highest BCUT2D eigenvalue weighted by Gasteiger charge is 2.37. The molecule has 4 N–H and O–H groups in total. The summed E-state index contributed by atoms with van der Waals surface area (Å²) in [6.45, 7) is 0. The number of fused-ring (bicyclic) bond motifs is 2. The minimum atomic E-state index is -5.02. The van der Waals surface area contributed by atoms with E-state index in [-0.39, 0.29) is 5.56 Å². The van der Waals surface area contributed by atoms with Crippen LogP contribution in [0.15, 0.2) is 34.1 Å². The van der Waals surface area contributed by atoms with Crippen LogP contribution in [0.2, 0.25) is 0 Å². The molecule has 0 radical (unpaired) electrons. The number of rotatable bonds is 2. The molecule has 0 unspecified atom stereocenters. The van der Waals surface area contributed by atoms with Crippen LogP contribution in [-0.4, -0.2) is 47.7 Å². The van der Waals surface area contributed by atoms with Crippen LogP contribution in [0.3, 0.4) is 0 Å². The topological polar surface area (TPSA) is 183 Å². The lowest BCUT2D eigenvalue weighted by Crippen LogP contribution is -2.22. The first kappa shape index (κ1) is 18.0. The fourth-order valence-electron chi connectivity index (χ4n) is 2.59. The molecule has 2 aromatic rings. The molecule has 0 atom stereocenters. The van der Waals surface area contributed by atoms with Gasteiger partial charge in [-0.2, -0.15) is 16.8 Å². The number of hydrogen-bond acceptors (Lipinski definition) is 8. The van der Waals surface area contributed by atoms with Gasteiger partial charge in [-0.05, 0) is 24.3 Å². The molecule has 0 aromatic heterocycles. The second kappa shape index (κ2) is 5.35. The summed E-state index contributed by atoms with van der Waals surface area (Å²) < 4.78 is 63.1. The average Bonchev–Trinajstić information content (AvgIpc) is 2.52. The van der Waals surface area contributed by atoms with E-state index in [2.05, 4.69) is 0 Å². The monoisotopic (exact) mass is 400 g/mol. The van der Waals surface area contributed by atoms with Gasteiger partial charge in [-0.25, -0.2) is 0 Å². The normalized spacial score (nSPS) is 14.1. The van der Waals surface area contributed by atoms with Gasteiger partial charge in [-0.3, -0.25) is 18.7 Å². The maximum Gasteiger partial charge on any atom is 0.298 e. The molecule has 1 aliphatic carbocycles. The lowest BCUT2D eigenvalue weighted by Gasteiger charge is -2.20. The highest BCUT2D eigenvalue weighted by molar-refractivity contribution is 7.86. The predicted octanol–water partition coefficient (Wildman–Crippen LogP) is 0.367. The molecule has 0 bridgehead atoms. The van der Waals surface area contributed by atoms with Crippen LogP contribution in [0.5, 0.6) is 11.5 Å². The highest BCUT2D eigenvalue weighted by Crippen LogP contribution is 2.42. The van der Waals surface area contributed by atoms with Crippen LogP contribution in [0.25, 0.3) is 0 Å². The van der Waals surface area contributed by atoms with Crippen LogP contribution in [-0.2, 0) is 20.2 Å². The molecule has 0 heterocycles. The SMILES string of the molecule is O=C1c2ccc(S(=O)(=O)O)cc2C(=O)c2c1cc(S(=O)(=O)O)c(O)c2O.